The largest absolute Gasteiger partial charge is 0.492 e. The van der Waals surface area contributed by atoms with Crippen LogP contribution in [-0.4, -0.2) is 60.8 Å². The zero-order valence-corrected chi connectivity index (χ0v) is 24.8. The molecule has 3 heterocycles. The highest BCUT2D eigenvalue weighted by Gasteiger charge is 2.22. The van der Waals surface area contributed by atoms with E-state index in [0.717, 1.165) is 65.4 Å². The molecule has 0 bridgehead atoms. The van der Waals surface area contributed by atoms with Crippen molar-refractivity contribution >= 4 is 35.0 Å². The number of carbonyl (C=O) groups excluding carboxylic acids is 1. The molecule has 42 heavy (non-hydrogen) atoms. The zero-order chi connectivity index (χ0) is 29.9. The number of nitrogens with one attached hydrogen (secondary N) is 3. The first kappa shape index (κ1) is 30.3. The summed E-state index contributed by atoms with van der Waals surface area (Å²) in [6, 6.07) is 11.2. The SMILES string of the molecule is CC/C=C(N)/N=C\C=C(/C)c1cnc(NCc2cccc(C(=O)Nc3ccc(NCCN(C)C)cn3)c2)c2c1OCC2. The third-order valence-corrected chi connectivity index (χ3v) is 6.65. The molecule has 1 aliphatic rings. The molecule has 220 valence electrons. The average Bonchev–Trinajstić information content (AvgIpc) is 3.47. The standard InChI is InChI=1S/C32H40N8O2/c1-5-7-28(33)35-14-12-22(2)27-21-38-31(26-13-17-42-30(26)27)37-19-23-8-6-9-24(18-23)32(41)39-29-11-10-25(20-36-29)34-15-16-40(3)4/h6-12,14,18,20-21,34H,5,13,15-17,19,33H2,1-4H3,(H,37,38)(H,36,39,41)/b22-12+,28-7+,35-14-. The van der Waals surface area contributed by atoms with Crippen molar-refractivity contribution in [2.45, 2.75) is 33.2 Å². The number of carbonyl (C=O) groups is 1. The molecule has 4 rings (SSSR count). The van der Waals surface area contributed by atoms with Crippen molar-refractivity contribution in [1.29, 1.82) is 0 Å². The van der Waals surface area contributed by atoms with Crippen LogP contribution in [0.2, 0.25) is 0 Å². The molecule has 0 spiro atoms. The number of amides is 1. The number of hydrogen-bond acceptors (Lipinski definition) is 9. The first-order valence-corrected chi connectivity index (χ1v) is 14.1. The molecule has 0 saturated heterocycles. The van der Waals surface area contributed by atoms with Gasteiger partial charge in [-0.25, -0.2) is 15.0 Å². The van der Waals surface area contributed by atoms with Crippen molar-refractivity contribution in [3.8, 4) is 5.75 Å². The van der Waals surface area contributed by atoms with Gasteiger partial charge in [0, 0.05) is 55.2 Å². The molecule has 5 N–H and O–H groups in total. The van der Waals surface area contributed by atoms with Gasteiger partial charge in [-0.2, -0.15) is 0 Å². The van der Waals surface area contributed by atoms with E-state index >= 15 is 0 Å². The van der Waals surface area contributed by atoms with Crippen LogP contribution in [0.25, 0.3) is 5.57 Å². The van der Waals surface area contributed by atoms with Crippen LogP contribution in [0.3, 0.4) is 0 Å². The highest BCUT2D eigenvalue weighted by molar-refractivity contribution is 6.03. The number of nitrogens with two attached hydrogens (primary N) is 1. The third kappa shape index (κ3) is 8.40. The average molecular weight is 569 g/mol. The molecule has 1 amide bonds. The van der Waals surface area contributed by atoms with Gasteiger partial charge in [0.2, 0.25) is 0 Å². The molecular weight excluding hydrogens is 528 g/mol. The predicted octanol–water partition coefficient (Wildman–Crippen LogP) is 4.93. The van der Waals surface area contributed by atoms with Crippen LogP contribution in [0.5, 0.6) is 5.75 Å². The fourth-order valence-electron chi connectivity index (χ4n) is 4.40. The fraction of sp³-hybridized carbons (Fsp3) is 0.312. The summed E-state index contributed by atoms with van der Waals surface area (Å²) in [5.74, 6) is 2.40. The number of fused-ring (bicyclic) bond motifs is 1. The molecule has 3 aromatic rings. The summed E-state index contributed by atoms with van der Waals surface area (Å²) in [4.78, 5) is 28.3. The molecule has 0 unspecified atom stereocenters. The van der Waals surface area contributed by atoms with Gasteiger partial charge >= 0.3 is 0 Å². The van der Waals surface area contributed by atoms with Crippen molar-refractivity contribution < 1.29 is 9.53 Å². The van der Waals surface area contributed by atoms with E-state index in [2.05, 4.69) is 30.8 Å². The minimum Gasteiger partial charge on any atom is -0.492 e. The van der Waals surface area contributed by atoms with Gasteiger partial charge in [0.05, 0.1) is 18.5 Å². The summed E-state index contributed by atoms with van der Waals surface area (Å²) in [7, 11) is 4.06. The Hall–Kier alpha value is -4.70. The Labute approximate surface area is 247 Å². The van der Waals surface area contributed by atoms with E-state index in [1.165, 1.54) is 0 Å². The maximum atomic E-state index is 12.9. The smallest absolute Gasteiger partial charge is 0.256 e. The van der Waals surface area contributed by atoms with Crippen LogP contribution in [0.15, 0.2) is 71.8 Å². The quantitative estimate of drug-likeness (QED) is 0.214. The van der Waals surface area contributed by atoms with Crippen molar-refractivity contribution in [3.63, 3.8) is 0 Å². The molecule has 0 saturated carbocycles. The minimum atomic E-state index is -0.216. The summed E-state index contributed by atoms with van der Waals surface area (Å²) >= 11 is 0. The highest BCUT2D eigenvalue weighted by Crippen LogP contribution is 2.37. The normalized spacial score (nSPS) is 13.3. The van der Waals surface area contributed by atoms with Gasteiger partial charge in [0.15, 0.2) is 0 Å². The summed E-state index contributed by atoms with van der Waals surface area (Å²) in [5, 5.41) is 9.62. The summed E-state index contributed by atoms with van der Waals surface area (Å²) in [6.45, 7) is 6.87. The second kappa shape index (κ2) is 14.8. The highest BCUT2D eigenvalue weighted by atomic mass is 16.5. The number of nitrogens with zero attached hydrogens (tertiary/aromatic N) is 4. The van der Waals surface area contributed by atoms with Crippen LogP contribution in [0.1, 0.15) is 47.3 Å². The van der Waals surface area contributed by atoms with E-state index in [4.69, 9.17) is 15.5 Å². The van der Waals surface area contributed by atoms with Crippen LogP contribution in [0, 0.1) is 0 Å². The number of pyridine rings is 2. The van der Waals surface area contributed by atoms with Crippen molar-refractivity contribution in [1.82, 2.24) is 14.9 Å². The lowest BCUT2D eigenvalue weighted by Crippen LogP contribution is -2.20. The van der Waals surface area contributed by atoms with Crippen LogP contribution in [-0.2, 0) is 13.0 Å². The number of allylic oxidation sites excluding steroid dienone is 3. The lowest BCUT2D eigenvalue weighted by atomic mass is 10.0. The third-order valence-electron chi connectivity index (χ3n) is 6.65. The molecule has 2 aromatic heterocycles. The Morgan fingerprint density at radius 3 is 2.79 bits per heavy atom. The molecule has 0 fully saturated rings. The second-order valence-corrected chi connectivity index (χ2v) is 10.3. The number of rotatable bonds is 13. The topological polar surface area (TPSA) is 130 Å². The van der Waals surface area contributed by atoms with Crippen molar-refractivity contribution in [3.05, 3.63) is 89.0 Å². The monoisotopic (exact) mass is 568 g/mol. The number of benzene rings is 1. The number of anilines is 3. The second-order valence-electron chi connectivity index (χ2n) is 10.3. The van der Waals surface area contributed by atoms with Gasteiger partial charge in [0.25, 0.3) is 5.91 Å². The van der Waals surface area contributed by atoms with Gasteiger partial charge < -0.3 is 31.3 Å². The van der Waals surface area contributed by atoms with E-state index in [-0.39, 0.29) is 5.91 Å². The Morgan fingerprint density at radius 1 is 1.17 bits per heavy atom. The van der Waals surface area contributed by atoms with E-state index < -0.39 is 0 Å². The Balaban J connectivity index is 1.38. The van der Waals surface area contributed by atoms with Gasteiger partial charge in [-0.15, -0.1) is 0 Å². The lowest BCUT2D eigenvalue weighted by Gasteiger charge is -2.13. The van der Waals surface area contributed by atoms with E-state index in [1.807, 2.05) is 70.6 Å². The molecule has 0 aliphatic carbocycles. The van der Waals surface area contributed by atoms with Gasteiger partial charge in [-0.3, -0.25) is 4.79 Å². The van der Waals surface area contributed by atoms with Gasteiger partial charge in [-0.1, -0.05) is 19.1 Å². The Morgan fingerprint density at radius 2 is 2.02 bits per heavy atom. The van der Waals surface area contributed by atoms with Gasteiger partial charge in [-0.05, 0) is 75.0 Å². The van der Waals surface area contributed by atoms with Gasteiger partial charge in [0.1, 0.15) is 23.2 Å². The number of aliphatic imine (C=N–C) groups is 1. The number of hydrogen-bond donors (Lipinski definition) is 4. The first-order chi connectivity index (χ1) is 20.3. The predicted molar refractivity (Wildman–Crippen MR) is 171 cm³/mol. The maximum absolute atomic E-state index is 12.9. The lowest BCUT2D eigenvalue weighted by molar-refractivity contribution is 0.102. The number of ether oxygens (including phenoxy) is 1. The Bertz CT molecular complexity index is 1460. The van der Waals surface area contributed by atoms with E-state index in [1.54, 1.807) is 24.5 Å². The zero-order valence-electron chi connectivity index (χ0n) is 24.8. The molecule has 0 atom stereocenters. The molecule has 0 radical (unpaired) electrons. The molecule has 1 aromatic carbocycles. The molecule has 1 aliphatic heterocycles. The molecular formula is C32H40N8O2. The Kier molecular flexibility index (Phi) is 10.7. The number of likely N-dealkylation sites (N-methyl/N-ethyl adjacent to an activating group) is 1. The van der Waals surface area contributed by atoms with Crippen molar-refractivity contribution in [2.24, 2.45) is 10.7 Å². The number of aromatic nitrogens is 2. The molecule has 10 nitrogen and oxygen atoms in total. The first-order valence-electron chi connectivity index (χ1n) is 14.1. The maximum Gasteiger partial charge on any atom is 0.256 e. The summed E-state index contributed by atoms with van der Waals surface area (Å²) in [6.07, 6.45) is 10.6. The fourth-order valence-corrected chi connectivity index (χ4v) is 4.40. The van der Waals surface area contributed by atoms with Crippen LogP contribution >= 0.6 is 0 Å². The minimum absolute atomic E-state index is 0.216. The van der Waals surface area contributed by atoms with Crippen molar-refractivity contribution in [2.75, 3.05) is 49.7 Å². The van der Waals surface area contributed by atoms with E-state index in [0.29, 0.717) is 30.4 Å². The van der Waals surface area contributed by atoms with E-state index in [9.17, 15) is 4.79 Å². The van der Waals surface area contributed by atoms with Crippen LogP contribution < -0.4 is 26.4 Å². The summed E-state index contributed by atoms with van der Waals surface area (Å²) in [5.41, 5.74) is 11.2. The summed E-state index contributed by atoms with van der Waals surface area (Å²) < 4.78 is 5.99. The molecule has 10 heteroatoms. The van der Waals surface area contributed by atoms with Crippen LogP contribution in [0.4, 0.5) is 17.3 Å².